The number of hydrogen-bond donors (Lipinski definition) is 6. The van der Waals surface area contributed by atoms with Gasteiger partial charge < -0.3 is 40.3 Å². The second kappa shape index (κ2) is 11.1. The highest BCUT2D eigenvalue weighted by atomic mass is 16.7. The van der Waals surface area contributed by atoms with Gasteiger partial charge in [0.25, 0.3) is 0 Å². The molecular weight excluding hydrogens is 330 g/mol. The van der Waals surface area contributed by atoms with Gasteiger partial charge in [0.05, 0.1) is 25.4 Å². The van der Waals surface area contributed by atoms with Gasteiger partial charge in [-0.2, -0.15) is 0 Å². The maximum absolute atomic E-state index is 10.3. The molecule has 1 aliphatic rings. The highest BCUT2D eigenvalue weighted by Gasteiger charge is 2.44. The number of allylic oxidation sites excluding steroid dienone is 1. The van der Waals surface area contributed by atoms with E-state index in [-0.39, 0.29) is 6.61 Å². The topological polar surface area (TPSA) is 132 Å². The van der Waals surface area contributed by atoms with Crippen LogP contribution >= 0.6 is 0 Å². The van der Waals surface area contributed by atoms with Crippen LogP contribution in [0.25, 0.3) is 0 Å². The molecule has 0 bridgehead atoms. The Balaban J connectivity index is 2.68. The van der Waals surface area contributed by atoms with E-state index in [4.69, 9.17) is 9.47 Å². The SMILES string of the molecule is C=C(CCC)N[C@@H](COC1OC(CO)C(O)C(O)C1O)C(O)CCC. The van der Waals surface area contributed by atoms with E-state index < -0.39 is 49.5 Å². The van der Waals surface area contributed by atoms with Crippen LogP contribution in [0.4, 0.5) is 0 Å². The summed E-state index contributed by atoms with van der Waals surface area (Å²) in [5.41, 5.74) is 0.778. The number of nitrogens with one attached hydrogen (secondary N) is 1. The van der Waals surface area contributed by atoms with Crippen molar-refractivity contribution >= 4 is 0 Å². The molecule has 1 heterocycles. The molecule has 1 aliphatic heterocycles. The zero-order valence-electron chi connectivity index (χ0n) is 15.0. The Morgan fingerprint density at radius 3 is 2.40 bits per heavy atom. The lowest BCUT2D eigenvalue weighted by molar-refractivity contribution is -0.302. The monoisotopic (exact) mass is 363 g/mol. The number of hydrogen-bond acceptors (Lipinski definition) is 8. The Hall–Kier alpha value is -0.740. The summed E-state index contributed by atoms with van der Waals surface area (Å²) in [6.07, 6.45) is -4.26. The van der Waals surface area contributed by atoms with Crippen LogP contribution in [0, 0.1) is 0 Å². The summed E-state index contributed by atoms with van der Waals surface area (Å²) in [5.74, 6) is 0. The lowest BCUT2D eigenvalue weighted by Crippen LogP contribution is -2.59. The van der Waals surface area contributed by atoms with E-state index in [0.717, 1.165) is 25.0 Å². The number of aliphatic hydroxyl groups excluding tert-OH is 5. The van der Waals surface area contributed by atoms with Crippen LogP contribution in [0.15, 0.2) is 12.3 Å². The van der Waals surface area contributed by atoms with E-state index in [9.17, 15) is 25.5 Å². The minimum Gasteiger partial charge on any atom is -0.394 e. The summed E-state index contributed by atoms with van der Waals surface area (Å²) in [4.78, 5) is 0. The van der Waals surface area contributed by atoms with Gasteiger partial charge in [0.1, 0.15) is 24.4 Å². The van der Waals surface area contributed by atoms with Crippen molar-refractivity contribution in [1.29, 1.82) is 0 Å². The normalized spacial score (nSPS) is 32.2. The first-order valence-corrected chi connectivity index (χ1v) is 8.90. The summed E-state index contributed by atoms with van der Waals surface area (Å²) in [5, 5.41) is 52.2. The Morgan fingerprint density at radius 2 is 1.84 bits per heavy atom. The number of aliphatic hydroxyl groups is 5. The van der Waals surface area contributed by atoms with Crippen LogP contribution in [-0.2, 0) is 9.47 Å². The van der Waals surface area contributed by atoms with E-state index in [1.165, 1.54) is 0 Å². The summed E-state index contributed by atoms with van der Waals surface area (Å²) in [6.45, 7) is 7.39. The Labute approximate surface area is 149 Å². The van der Waals surface area contributed by atoms with E-state index in [1.54, 1.807) is 0 Å². The number of rotatable bonds is 11. The van der Waals surface area contributed by atoms with Gasteiger partial charge in [-0.25, -0.2) is 0 Å². The molecule has 1 fully saturated rings. The third kappa shape index (κ3) is 6.49. The molecule has 0 aromatic carbocycles. The van der Waals surface area contributed by atoms with E-state index in [1.807, 2.05) is 13.8 Å². The van der Waals surface area contributed by atoms with Crippen molar-refractivity contribution in [2.75, 3.05) is 13.2 Å². The molecule has 0 aromatic heterocycles. The summed E-state index contributed by atoms with van der Waals surface area (Å²) in [6, 6.07) is -0.452. The van der Waals surface area contributed by atoms with E-state index in [2.05, 4.69) is 11.9 Å². The Bertz CT molecular complexity index is 393. The van der Waals surface area contributed by atoms with Crippen molar-refractivity contribution < 1.29 is 35.0 Å². The largest absolute Gasteiger partial charge is 0.394 e. The molecule has 8 nitrogen and oxygen atoms in total. The molecule has 0 amide bonds. The predicted octanol–water partition coefficient (Wildman–Crippen LogP) is -0.764. The van der Waals surface area contributed by atoms with Gasteiger partial charge in [0, 0.05) is 5.70 Å². The minimum absolute atomic E-state index is 0.00654. The summed E-state index contributed by atoms with van der Waals surface area (Å²) < 4.78 is 10.8. The smallest absolute Gasteiger partial charge is 0.186 e. The maximum Gasteiger partial charge on any atom is 0.186 e. The molecule has 8 heteroatoms. The number of ether oxygens (including phenoxy) is 2. The Morgan fingerprint density at radius 1 is 1.16 bits per heavy atom. The molecule has 25 heavy (non-hydrogen) atoms. The molecular formula is C17H33NO7. The fraction of sp³-hybridized carbons (Fsp3) is 0.882. The van der Waals surface area contributed by atoms with Crippen LogP contribution in [0.2, 0.25) is 0 Å². The highest BCUT2D eigenvalue weighted by Crippen LogP contribution is 2.22. The first-order chi connectivity index (χ1) is 11.8. The van der Waals surface area contributed by atoms with Gasteiger partial charge in [-0.3, -0.25) is 0 Å². The van der Waals surface area contributed by atoms with Crippen LogP contribution in [0.5, 0.6) is 0 Å². The average Bonchev–Trinajstić information content (AvgIpc) is 2.58. The van der Waals surface area contributed by atoms with Gasteiger partial charge in [-0.05, 0) is 12.8 Å². The molecule has 0 saturated carbocycles. The third-order valence-corrected chi connectivity index (χ3v) is 4.28. The van der Waals surface area contributed by atoms with Gasteiger partial charge in [-0.15, -0.1) is 0 Å². The highest BCUT2D eigenvalue weighted by molar-refractivity contribution is 4.96. The van der Waals surface area contributed by atoms with Crippen LogP contribution in [0.3, 0.4) is 0 Å². The summed E-state index contributed by atoms with van der Waals surface area (Å²) in [7, 11) is 0. The van der Waals surface area contributed by atoms with Gasteiger partial charge in [-0.1, -0.05) is 33.3 Å². The molecule has 0 spiro atoms. The van der Waals surface area contributed by atoms with Crippen LogP contribution in [-0.4, -0.2) is 81.6 Å². The molecule has 0 aromatic rings. The quantitative estimate of drug-likeness (QED) is 0.282. The fourth-order valence-electron chi connectivity index (χ4n) is 2.79. The van der Waals surface area contributed by atoms with Gasteiger partial charge in [0.15, 0.2) is 6.29 Å². The molecule has 7 atom stereocenters. The summed E-state index contributed by atoms with van der Waals surface area (Å²) >= 11 is 0. The van der Waals surface area contributed by atoms with Crippen LogP contribution in [0.1, 0.15) is 39.5 Å². The van der Waals surface area contributed by atoms with Crippen molar-refractivity contribution in [3.63, 3.8) is 0 Å². The predicted molar refractivity (Wildman–Crippen MR) is 91.6 cm³/mol. The maximum atomic E-state index is 10.3. The second-order valence-corrected chi connectivity index (χ2v) is 6.49. The molecule has 6 N–H and O–H groups in total. The standard InChI is InChI=1S/C17H33NO7/c1-4-6-10(3)18-11(12(20)7-5-2)9-24-17-16(23)15(22)14(21)13(8-19)25-17/h11-23H,3-9H2,1-2H3/t11-,12?,13?,14?,15?,16?,17?/m0/s1. The molecule has 1 saturated heterocycles. The molecule has 1 rings (SSSR count). The van der Waals surface area contributed by atoms with Crippen molar-refractivity contribution in [1.82, 2.24) is 5.32 Å². The fourth-order valence-corrected chi connectivity index (χ4v) is 2.79. The van der Waals surface area contributed by atoms with Gasteiger partial charge >= 0.3 is 0 Å². The molecule has 6 unspecified atom stereocenters. The molecule has 0 radical (unpaired) electrons. The van der Waals surface area contributed by atoms with E-state index in [0.29, 0.717) is 6.42 Å². The van der Waals surface area contributed by atoms with E-state index >= 15 is 0 Å². The first kappa shape index (κ1) is 22.3. The van der Waals surface area contributed by atoms with Crippen molar-refractivity contribution in [3.05, 3.63) is 12.3 Å². The minimum atomic E-state index is -1.49. The molecule has 0 aliphatic carbocycles. The second-order valence-electron chi connectivity index (χ2n) is 6.49. The van der Waals surface area contributed by atoms with Crippen molar-refractivity contribution in [3.8, 4) is 0 Å². The van der Waals surface area contributed by atoms with Gasteiger partial charge in [0.2, 0.25) is 0 Å². The van der Waals surface area contributed by atoms with Crippen molar-refractivity contribution in [2.45, 2.75) is 82.4 Å². The van der Waals surface area contributed by atoms with Crippen LogP contribution < -0.4 is 5.32 Å². The zero-order valence-corrected chi connectivity index (χ0v) is 15.0. The van der Waals surface area contributed by atoms with Crippen molar-refractivity contribution in [2.24, 2.45) is 0 Å². The average molecular weight is 363 g/mol. The lowest BCUT2D eigenvalue weighted by atomic mass is 9.99. The Kier molecular flexibility index (Phi) is 9.88. The zero-order chi connectivity index (χ0) is 19.0. The lowest BCUT2D eigenvalue weighted by Gasteiger charge is -2.40. The third-order valence-electron chi connectivity index (χ3n) is 4.28. The molecule has 148 valence electrons. The first-order valence-electron chi connectivity index (χ1n) is 8.90.